The van der Waals surface area contributed by atoms with Gasteiger partial charge in [0.25, 0.3) is 5.91 Å². The van der Waals surface area contributed by atoms with Crippen LogP contribution in [0.3, 0.4) is 0 Å². The van der Waals surface area contributed by atoms with Crippen LogP contribution in [0.15, 0.2) is 24.3 Å². The molecule has 1 rings (SSSR count). The third-order valence-corrected chi connectivity index (χ3v) is 3.32. The Labute approximate surface area is 140 Å². The summed E-state index contributed by atoms with van der Waals surface area (Å²) in [5.74, 6) is 1.58. The van der Waals surface area contributed by atoms with Crippen molar-refractivity contribution in [2.45, 2.75) is 46.1 Å². The van der Waals surface area contributed by atoms with Gasteiger partial charge in [0.05, 0.1) is 0 Å². The molecule has 1 aromatic rings. The van der Waals surface area contributed by atoms with E-state index in [-0.39, 0.29) is 31.0 Å². The van der Waals surface area contributed by atoms with Crippen LogP contribution in [0.1, 0.15) is 45.6 Å². The van der Waals surface area contributed by atoms with Crippen LogP contribution in [0.4, 0.5) is 0 Å². The van der Waals surface area contributed by atoms with Gasteiger partial charge in [-0.1, -0.05) is 39.8 Å². The average molecular weight is 329 g/mol. The van der Waals surface area contributed by atoms with Crippen LogP contribution < -0.4 is 15.8 Å². The van der Waals surface area contributed by atoms with Crippen LogP contribution in [0.25, 0.3) is 0 Å². The van der Waals surface area contributed by atoms with Crippen LogP contribution in [0.2, 0.25) is 0 Å². The van der Waals surface area contributed by atoms with Gasteiger partial charge in [0.2, 0.25) is 0 Å². The zero-order valence-corrected chi connectivity index (χ0v) is 14.8. The van der Waals surface area contributed by atoms with E-state index >= 15 is 0 Å². The molecule has 0 spiro atoms. The lowest BCUT2D eigenvalue weighted by Crippen LogP contribution is -2.43. The van der Waals surface area contributed by atoms with Crippen molar-refractivity contribution in [2.75, 3.05) is 13.2 Å². The highest BCUT2D eigenvalue weighted by Crippen LogP contribution is 2.18. The molecule has 126 valence electrons. The van der Waals surface area contributed by atoms with Crippen molar-refractivity contribution in [2.24, 2.45) is 11.7 Å². The van der Waals surface area contributed by atoms with Crippen molar-refractivity contribution < 1.29 is 9.53 Å². The fourth-order valence-corrected chi connectivity index (χ4v) is 2.15. The normalized spacial score (nSPS) is 12.0. The molecule has 0 radical (unpaired) electrons. The second-order valence-electron chi connectivity index (χ2n) is 6.14. The molecule has 5 heteroatoms. The summed E-state index contributed by atoms with van der Waals surface area (Å²) in [5, 5.41) is 2.91. The van der Waals surface area contributed by atoms with E-state index in [1.165, 1.54) is 5.56 Å². The summed E-state index contributed by atoms with van der Waals surface area (Å²) in [6.07, 6.45) is 0.880. The van der Waals surface area contributed by atoms with E-state index in [0.717, 1.165) is 6.42 Å². The van der Waals surface area contributed by atoms with Gasteiger partial charge in [-0.25, -0.2) is 0 Å². The van der Waals surface area contributed by atoms with E-state index in [1.807, 2.05) is 24.3 Å². The van der Waals surface area contributed by atoms with Crippen LogP contribution in [-0.4, -0.2) is 25.1 Å². The van der Waals surface area contributed by atoms with Gasteiger partial charge in [-0.15, -0.1) is 12.4 Å². The summed E-state index contributed by atoms with van der Waals surface area (Å²) in [5.41, 5.74) is 6.92. The topological polar surface area (TPSA) is 64.3 Å². The zero-order valence-electron chi connectivity index (χ0n) is 14.0. The molecule has 0 saturated carbocycles. The molecule has 0 saturated heterocycles. The minimum absolute atomic E-state index is 0. The van der Waals surface area contributed by atoms with E-state index in [9.17, 15) is 4.79 Å². The van der Waals surface area contributed by atoms with Crippen molar-refractivity contribution in [3.63, 3.8) is 0 Å². The second kappa shape index (κ2) is 10.5. The number of nitrogens with two attached hydrogens (primary N) is 1. The molecule has 1 amide bonds. The largest absolute Gasteiger partial charge is 0.484 e. The summed E-state index contributed by atoms with van der Waals surface area (Å²) in [6.45, 7) is 8.99. The summed E-state index contributed by atoms with van der Waals surface area (Å²) >= 11 is 0. The van der Waals surface area contributed by atoms with Gasteiger partial charge in [0.15, 0.2) is 6.61 Å². The smallest absolute Gasteiger partial charge is 0.258 e. The maximum Gasteiger partial charge on any atom is 0.258 e. The summed E-state index contributed by atoms with van der Waals surface area (Å²) < 4.78 is 5.50. The second-order valence-corrected chi connectivity index (χ2v) is 6.14. The molecule has 0 bridgehead atoms. The highest BCUT2D eigenvalue weighted by Gasteiger charge is 2.12. The quantitative estimate of drug-likeness (QED) is 0.770. The van der Waals surface area contributed by atoms with E-state index in [4.69, 9.17) is 10.5 Å². The van der Waals surface area contributed by atoms with Crippen LogP contribution >= 0.6 is 12.4 Å². The Hall–Kier alpha value is -1.26. The maximum absolute atomic E-state index is 11.9. The van der Waals surface area contributed by atoms with Gasteiger partial charge >= 0.3 is 0 Å². The maximum atomic E-state index is 11.9. The molecule has 0 aliphatic heterocycles. The molecule has 0 aliphatic rings. The first-order valence-electron chi connectivity index (χ1n) is 7.64. The van der Waals surface area contributed by atoms with Gasteiger partial charge in [-0.2, -0.15) is 0 Å². The fraction of sp³-hybridized carbons (Fsp3) is 0.588. The first-order valence-corrected chi connectivity index (χ1v) is 7.64. The van der Waals surface area contributed by atoms with E-state index < -0.39 is 0 Å². The molecule has 1 aromatic carbocycles. The monoisotopic (exact) mass is 328 g/mol. The third-order valence-electron chi connectivity index (χ3n) is 3.32. The van der Waals surface area contributed by atoms with Crippen molar-refractivity contribution in [1.82, 2.24) is 5.32 Å². The number of carbonyl (C=O) groups excluding carboxylic acids is 1. The van der Waals surface area contributed by atoms with Crippen LogP contribution in [0.5, 0.6) is 5.75 Å². The highest BCUT2D eigenvalue weighted by atomic mass is 35.5. The predicted molar refractivity (Wildman–Crippen MR) is 93.7 cm³/mol. The van der Waals surface area contributed by atoms with Crippen LogP contribution in [-0.2, 0) is 4.79 Å². The van der Waals surface area contributed by atoms with Crippen molar-refractivity contribution in [1.29, 1.82) is 0 Å². The Balaban J connectivity index is 0.00000441. The molecule has 0 aromatic heterocycles. The first kappa shape index (κ1) is 20.7. The number of rotatable bonds is 8. The Bertz CT molecular complexity index is 433. The average Bonchev–Trinajstić information content (AvgIpc) is 2.44. The SMILES string of the molecule is CC(C)CC(CN)NC(=O)COc1ccc(C(C)C)cc1.Cl. The molecule has 0 fully saturated rings. The number of carbonyl (C=O) groups is 1. The standard InChI is InChI=1S/C17H28N2O2.ClH/c1-12(2)9-15(10-18)19-17(20)11-21-16-7-5-14(6-8-16)13(3)4;/h5-8,12-13,15H,9-11,18H2,1-4H3,(H,19,20);1H. The van der Waals surface area contributed by atoms with Gasteiger partial charge in [0.1, 0.15) is 5.75 Å². The molecular formula is C17H29ClN2O2. The lowest BCUT2D eigenvalue weighted by Gasteiger charge is -2.19. The van der Waals surface area contributed by atoms with Crippen LogP contribution in [0, 0.1) is 5.92 Å². The molecule has 0 heterocycles. The Morgan fingerprint density at radius 1 is 1.18 bits per heavy atom. The lowest BCUT2D eigenvalue weighted by molar-refractivity contribution is -0.123. The van der Waals surface area contributed by atoms with Gasteiger partial charge in [-0.05, 0) is 36.0 Å². The summed E-state index contributed by atoms with van der Waals surface area (Å²) in [6, 6.07) is 7.87. The van der Waals surface area contributed by atoms with Crippen molar-refractivity contribution in [3.05, 3.63) is 29.8 Å². The van der Waals surface area contributed by atoms with Gasteiger partial charge in [0, 0.05) is 12.6 Å². The fourth-order valence-electron chi connectivity index (χ4n) is 2.15. The highest BCUT2D eigenvalue weighted by molar-refractivity contribution is 5.85. The third kappa shape index (κ3) is 7.66. The van der Waals surface area contributed by atoms with Gasteiger partial charge in [-0.3, -0.25) is 4.79 Å². The number of halogens is 1. The Kier molecular flexibility index (Phi) is 9.86. The number of nitrogens with one attached hydrogen (secondary N) is 1. The number of benzene rings is 1. The van der Waals surface area contributed by atoms with Gasteiger partial charge < -0.3 is 15.8 Å². The summed E-state index contributed by atoms with van der Waals surface area (Å²) in [4.78, 5) is 11.9. The summed E-state index contributed by atoms with van der Waals surface area (Å²) in [7, 11) is 0. The number of hydrogen-bond acceptors (Lipinski definition) is 3. The molecule has 3 N–H and O–H groups in total. The molecule has 0 aliphatic carbocycles. The number of hydrogen-bond donors (Lipinski definition) is 2. The minimum atomic E-state index is -0.126. The number of ether oxygens (including phenoxy) is 1. The predicted octanol–water partition coefficient (Wildman–Crippen LogP) is 3.10. The molecule has 22 heavy (non-hydrogen) atoms. The van der Waals surface area contributed by atoms with Crippen molar-refractivity contribution in [3.8, 4) is 5.75 Å². The minimum Gasteiger partial charge on any atom is -0.484 e. The molecule has 1 atom stereocenters. The van der Waals surface area contributed by atoms with Crippen molar-refractivity contribution >= 4 is 18.3 Å². The first-order chi connectivity index (χ1) is 9.92. The Morgan fingerprint density at radius 2 is 1.77 bits per heavy atom. The van der Waals surface area contributed by atoms with E-state index in [1.54, 1.807) is 0 Å². The molecule has 4 nitrogen and oxygen atoms in total. The van der Waals surface area contributed by atoms with E-state index in [2.05, 4.69) is 33.0 Å². The Morgan fingerprint density at radius 3 is 2.23 bits per heavy atom. The zero-order chi connectivity index (χ0) is 15.8. The lowest BCUT2D eigenvalue weighted by atomic mass is 10.0. The number of amides is 1. The molecular weight excluding hydrogens is 300 g/mol. The van der Waals surface area contributed by atoms with E-state index in [0.29, 0.717) is 24.1 Å². The molecule has 1 unspecified atom stereocenters.